The molecule has 13 nitrogen and oxygen atoms in total. The predicted molar refractivity (Wildman–Crippen MR) is 196 cm³/mol. The van der Waals surface area contributed by atoms with Crippen LogP contribution in [-0.2, 0) is 10.8 Å². The third-order valence-electron chi connectivity index (χ3n) is 6.47. The number of halogens is 2. The predicted octanol–water partition coefficient (Wildman–Crippen LogP) is 5.76. The van der Waals surface area contributed by atoms with Gasteiger partial charge in [-0.3, -0.25) is 18.7 Å². The Morgan fingerprint density at radius 3 is 2.12 bits per heavy atom. The molecule has 6 aromatic rings. The van der Waals surface area contributed by atoms with Gasteiger partial charge in [0.25, 0.3) is 5.88 Å². The molecular weight excluding hydrogens is 1020 g/mol. The Hall–Kier alpha value is -3.70. The third-order valence-corrected chi connectivity index (χ3v) is 8.50. The van der Waals surface area contributed by atoms with E-state index in [1.165, 1.54) is 33.5 Å². The van der Waals surface area contributed by atoms with Gasteiger partial charge >= 0.3 is 6.03 Å². The summed E-state index contributed by atoms with van der Waals surface area (Å²) in [5.41, 5.74) is 3.47. The molecular formula is C32H30BBr2N7O6SU. The van der Waals surface area contributed by atoms with Crippen LogP contribution in [0.25, 0.3) is 38.2 Å². The second kappa shape index (κ2) is 20.2. The number of pyridine rings is 2. The summed E-state index contributed by atoms with van der Waals surface area (Å²) in [7, 11) is 6.00. The van der Waals surface area contributed by atoms with Crippen LogP contribution in [0, 0.1) is 44.6 Å². The first-order chi connectivity index (χ1) is 23.4. The number of fused-ring (bicyclic) bond motifs is 2. The van der Waals surface area contributed by atoms with Crippen LogP contribution in [-0.4, -0.2) is 86.6 Å². The number of amides is 1. The van der Waals surface area contributed by atoms with E-state index in [1.807, 2.05) is 25.1 Å². The first-order valence-corrected chi connectivity index (χ1v) is 16.5. The molecule has 0 spiro atoms. The Bertz CT molecular complexity index is 2160. The molecule has 0 aliphatic heterocycles. The zero-order chi connectivity index (χ0) is 36.2. The molecule has 5 heterocycles. The average Bonchev–Trinajstić information content (AvgIpc) is 3.84. The van der Waals surface area contributed by atoms with Crippen LogP contribution in [0.3, 0.4) is 0 Å². The van der Waals surface area contributed by atoms with Gasteiger partial charge in [-0.05, 0) is 64.4 Å². The van der Waals surface area contributed by atoms with Gasteiger partial charge in [-0.1, -0.05) is 17.7 Å². The van der Waals surface area contributed by atoms with Gasteiger partial charge in [0.1, 0.15) is 22.1 Å². The fourth-order valence-corrected chi connectivity index (χ4v) is 5.62. The van der Waals surface area contributed by atoms with Gasteiger partial charge in [-0.25, -0.2) is 30.5 Å². The normalized spacial score (nSPS) is 10.5. The van der Waals surface area contributed by atoms with Crippen molar-refractivity contribution >= 4 is 91.3 Å². The maximum Gasteiger partial charge on any atom is 0.329 e. The number of oxazole rings is 1. The first-order valence-electron chi connectivity index (χ1n) is 14.2. The molecule has 6 rings (SSSR count). The number of hydrogen-bond donors (Lipinski definition) is 0. The first kappa shape index (κ1) is 42.5. The molecule has 1 atom stereocenters. The molecule has 0 aliphatic rings. The molecule has 5 aromatic heterocycles. The minimum atomic E-state index is -1.15. The number of carbonyl (C=O) groups is 3. The molecule has 256 valence electrons. The van der Waals surface area contributed by atoms with E-state index in [0.29, 0.717) is 28.0 Å². The fourth-order valence-electron chi connectivity index (χ4n) is 4.25. The van der Waals surface area contributed by atoms with Crippen molar-refractivity contribution < 1.29 is 59.6 Å². The Morgan fingerprint density at radius 2 is 1.62 bits per heavy atom. The molecule has 2 radical (unpaired) electrons. The van der Waals surface area contributed by atoms with Gasteiger partial charge in [0, 0.05) is 121 Å². The Balaban J connectivity index is 0.000000378. The molecule has 0 bridgehead atoms. The molecule has 0 aliphatic carbocycles. The van der Waals surface area contributed by atoms with Gasteiger partial charge in [-0.2, -0.15) is 0 Å². The number of rotatable bonds is 4. The second-order valence-corrected chi connectivity index (χ2v) is 13.3. The second-order valence-electron chi connectivity index (χ2n) is 10.0. The maximum atomic E-state index is 12.2. The third kappa shape index (κ3) is 10.7. The Morgan fingerprint density at radius 1 is 1.04 bits per heavy atom. The smallest absolute Gasteiger partial charge is 0.329 e. The molecule has 0 fully saturated rings. The van der Waals surface area contributed by atoms with Crippen molar-refractivity contribution in [1.82, 2.24) is 29.0 Å². The van der Waals surface area contributed by atoms with E-state index in [9.17, 15) is 18.6 Å². The van der Waals surface area contributed by atoms with Crippen LogP contribution in [0.4, 0.5) is 4.79 Å². The van der Waals surface area contributed by atoms with Crippen LogP contribution < -0.4 is 0 Å². The summed E-state index contributed by atoms with van der Waals surface area (Å²) in [6.07, 6.45) is 10.2. The summed E-state index contributed by atoms with van der Waals surface area (Å²) >= 11 is 6.66. The van der Waals surface area contributed by atoms with Crippen molar-refractivity contribution in [1.29, 1.82) is 1.34 Å². The van der Waals surface area contributed by atoms with Crippen molar-refractivity contribution in [2.24, 2.45) is 0 Å². The molecule has 18 heteroatoms. The SMILES string of the molecule is CC(=O)n1cc(C=O)c2cc(Br)cnc21.CN(C)C(=O)n1cc(-c2cnco2)c2cc(Br)cnc21.O.[2H][B].[C-]#[N+]CS(=O)c1ccc(C)cc1.[U]. The summed E-state index contributed by atoms with van der Waals surface area (Å²) < 4.78 is 26.3. The Labute approximate surface area is 334 Å². The van der Waals surface area contributed by atoms with Crippen LogP contribution >= 0.6 is 31.9 Å². The van der Waals surface area contributed by atoms with E-state index in [4.69, 9.17) is 12.3 Å². The summed E-state index contributed by atoms with van der Waals surface area (Å²) in [5.74, 6) is 0.492. The van der Waals surface area contributed by atoms with E-state index >= 15 is 0 Å². The zero-order valence-corrected chi connectivity index (χ0v) is 35.3. The van der Waals surface area contributed by atoms with Gasteiger partial charge in [0.05, 0.1) is 6.20 Å². The number of aromatic nitrogens is 5. The molecule has 1 unspecified atom stereocenters. The number of carbonyl (C=O) groups excluding carboxylic acids is 3. The maximum absolute atomic E-state index is 12.2. The fraction of sp³-hybridized carbons (Fsp3) is 0.156. The number of benzene rings is 1. The Kier molecular flexibility index (Phi) is 17.2. The van der Waals surface area contributed by atoms with Crippen molar-refractivity contribution in [2.45, 2.75) is 18.7 Å². The van der Waals surface area contributed by atoms with Crippen LogP contribution in [0.2, 0.25) is 0 Å². The van der Waals surface area contributed by atoms with Crippen molar-refractivity contribution in [2.75, 3.05) is 20.0 Å². The molecule has 0 saturated carbocycles. The summed E-state index contributed by atoms with van der Waals surface area (Å²) in [4.78, 5) is 51.9. The van der Waals surface area contributed by atoms with Gasteiger partial charge in [0.2, 0.25) is 5.91 Å². The average molecular weight is 1050 g/mol. The molecule has 1 aromatic carbocycles. The molecule has 0 saturated heterocycles. The van der Waals surface area contributed by atoms with Gasteiger partial charge < -0.3 is 19.6 Å². The topological polar surface area (TPSA) is 169 Å². The molecule has 2 N–H and O–H groups in total. The summed E-state index contributed by atoms with van der Waals surface area (Å²) in [6, 6.07) is 10.9. The zero-order valence-electron chi connectivity index (χ0n) is 28.1. The van der Waals surface area contributed by atoms with Gasteiger partial charge in [-0.15, -0.1) is 0 Å². The van der Waals surface area contributed by atoms with Crippen LogP contribution in [0.15, 0.2) is 92.0 Å². The van der Waals surface area contributed by atoms with Crippen molar-refractivity contribution in [3.63, 3.8) is 0 Å². The van der Waals surface area contributed by atoms with Crippen LogP contribution in [0.5, 0.6) is 0 Å². The van der Waals surface area contributed by atoms with E-state index in [1.54, 1.807) is 57.1 Å². The van der Waals surface area contributed by atoms with Crippen molar-refractivity contribution in [3.05, 3.63) is 105 Å². The van der Waals surface area contributed by atoms with E-state index in [2.05, 4.69) is 60.0 Å². The largest absolute Gasteiger partial charge is 0.443 e. The number of aryl methyl sites for hydroxylation is 1. The van der Waals surface area contributed by atoms with Crippen LogP contribution in [0.1, 0.15) is 27.6 Å². The summed E-state index contributed by atoms with van der Waals surface area (Å²) in [5, 5.41) is 1.50. The van der Waals surface area contributed by atoms with E-state index < -0.39 is 10.8 Å². The standard InChI is InChI=1S/C13H11BrN4O2.C10H7BrN2O2.C9H9NOS.BH.H2O.U/c1-17(2)13(19)18-6-10(11-5-15-7-20-11)9-3-8(14)4-16-12(9)18;1-6(15)13-4-7(5-14)9-2-8(11)3-12-10(9)13;1-8-3-5-9(6-4-8)12(11)7-10-2;;;/h3-7H,1-2H3;2-5H,1H3;3-6H,7H2,1H3;1H;1H2;/i;;;1D;;. The quantitative estimate of drug-likeness (QED) is 0.122. The van der Waals surface area contributed by atoms with Gasteiger partial charge in [0.15, 0.2) is 18.4 Å². The minimum absolute atomic E-state index is 0. The van der Waals surface area contributed by atoms with E-state index in [-0.39, 0.29) is 54.4 Å². The molecule has 50 heavy (non-hydrogen) atoms. The minimum Gasteiger partial charge on any atom is -0.443 e. The summed E-state index contributed by atoms with van der Waals surface area (Å²) in [6.45, 7) is 9.96. The van der Waals surface area contributed by atoms with Crippen molar-refractivity contribution in [3.8, 4) is 11.3 Å². The number of nitrogens with zero attached hydrogens (tertiary/aromatic N) is 7. The number of hydrogen-bond acceptors (Lipinski definition) is 8. The number of aldehydes is 1. The molecule has 1 amide bonds. The monoisotopic (exact) mass is 1050 g/mol. The van der Waals surface area contributed by atoms with E-state index in [0.717, 1.165) is 36.6 Å².